The maximum atomic E-state index is 14.2. The van der Waals surface area contributed by atoms with E-state index in [2.05, 4.69) is 9.97 Å². The Morgan fingerprint density at radius 3 is 2.34 bits per heavy atom. The molecule has 2 aromatic carbocycles. The summed E-state index contributed by atoms with van der Waals surface area (Å²) in [7, 11) is 0. The predicted molar refractivity (Wildman–Crippen MR) is 115 cm³/mol. The fourth-order valence-electron chi connectivity index (χ4n) is 3.74. The summed E-state index contributed by atoms with van der Waals surface area (Å²) in [6, 6.07) is 15.8. The molecule has 0 bridgehead atoms. The van der Waals surface area contributed by atoms with Crippen LogP contribution in [0.15, 0.2) is 69.9 Å². The Morgan fingerprint density at radius 2 is 1.69 bits per heavy atom. The average Bonchev–Trinajstić information content (AvgIpc) is 3.08. The van der Waals surface area contributed by atoms with Crippen molar-refractivity contribution in [3.8, 4) is 16.9 Å². The summed E-state index contributed by atoms with van der Waals surface area (Å²) in [5.74, 6) is -0.0375. The fraction of sp³-hybridized carbons (Fsp3) is 0.0870. The lowest BCUT2D eigenvalue weighted by Crippen LogP contribution is -2.08. The van der Waals surface area contributed by atoms with Gasteiger partial charge < -0.3 is 4.42 Å². The second kappa shape index (κ2) is 7.20. The van der Waals surface area contributed by atoms with Gasteiger partial charge in [0.25, 0.3) is 0 Å². The highest BCUT2D eigenvalue weighted by molar-refractivity contribution is 6.30. The van der Waals surface area contributed by atoms with Gasteiger partial charge in [0.1, 0.15) is 11.2 Å². The van der Waals surface area contributed by atoms with E-state index in [0.717, 1.165) is 6.07 Å². The van der Waals surface area contributed by atoms with Crippen LogP contribution >= 0.6 is 11.6 Å². The van der Waals surface area contributed by atoms with Crippen LogP contribution in [-0.4, -0.2) is 14.5 Å². The standard InChI is InChI=1S/C23H13ClF3N3O2/c1-12-28-19-18-16(23(25,26)27)11-17(13-7-9-14(24)10-8-13)29-21(18)30(20(19)22(31)32-12)15-5-3-2-4-6-15/h2-11H,1H3. The molecule has 0 saturated heterocycles. The van der Waals surface area contributed by atoms with Crippen molar-refractivity contribution in [3.05, 3.63) is 87.6 Å². The highest BCUT2D eigenvalue weighted by Crippen LogP contribution is 2.41. The van der Waals surface area contributed by atoms with E-state index in [1.54, 1.807) is 54.6 Å². The molecule has 5 rings (SSSR count). The number of pyridine rings is 1. The molecule has 0 unspecified atom stereocenters. The van der Waals surface area contributed by atoms with Gasteiger partial charge >= 0.3 is 11.8 Å². The number of halogens is 4. The lowest BCUT2D eigenvalue weighted by Gasteiger charge is -2.12. The van der Waals surface area contributed by atoms with E-state index in [4.69, 9.17) is 16.0 Å². The molecule has 0 aliphatic rings. The maximum absolute atomic E-state index is 14.2. The van der Waals surface area contributed by atoms with Crippen LogP contribution in [0.25, 0.3) is 39.0 Å². The first-order chi connectivity index (χ1) is 15.2. The summed E-state index contributed by atoms with van der Waals surface area (Å²) in [6.07, 6.45) is -4.72. The topological polar surface area (TPSA) is 60.9 Å². The third kappa shape index (κ3) is 3.23. The number of alkyl halides is 3. The van der Waals surface area contributed by atoms with Crippen molar-refractivity contribution in [2.24, 2.45) is 0 Å². The van der Waals surface area contributed by atoms with Crippen molar-refractivity contribution in [2.45, 2.75) is 13.1 Å². The SMILES string of the molecule is Cc1nc2c3c(C(F)(F)F)cc(-c4ccc(Cl)cc4)nc3n(-c3ccccc3)c2c(=O)o1. The Labute approximate surface area is 183 Å². The molecule has 0 saturated carbocycles. The summed E-state index contributed by atoms with van der Waals surface area (Å²) >= 11 is 5.93. The molecule has 5 aromatic rings. The summed E-state index contributed by atoms with van der Waals surface area (Å²) in [6.45, 7) is 1.41. The Kier molecular flexibility index (Phi) is 4.56. The van der Waals surface area contributed by atoms with E-state index >= 15 is 0 Å². The Balaban J connectivity index is 2.02. The average molecular weight is 456 g/mol. The van der Waals surface area contributed by atoms with Crippen LogP contribution in [0.4, 0.5) is 13.2 Å². The number of fused-ring (bicyclic) bond motifs is 3. The molecule has 5 nitrogen and oxygen atoms in total. The number of hydrogen-bond donors (Lipinski definition) is 0. The van der Waals surface area contributed by atoms with E-state index in [-0.39, 0.29) is 33.7 Å². The van der Waals surface area contributed by atoms with Crippen molar-refractivity contribution in [2.75, 3.05) is 0 Å². The van der Waals surface area contributed by atoms with Crippen molar-refractivity contribution in [3.63, 3.8) is 0 Å². The van der Waals surface area contributed by atoms with Gasteiger partial charge in [-0.15, -0.1) is 0 Å². The molecule has 9 heteroatoms. The van der Waals surface area contributed by atoms with Gasteiger partial charge in [-0.2, -0.15) is 13.2 Å². The highest BCUT2D eigenvalue weighted by atomic mass is 35.5. The molecule has 0 aliphatic carbocycles. The summed E-state index contributed by atoms with van der Waals surface area (Å²) < 4.78 is 49.2. The number of benzene rings is 2. The van der Waals surface area contributed by atoms with E-state index in [1.807, 2.05) is 0 Å². The maximum Gasteiger partial charge on any atom is 0.417 e. The molecule has 3 heterocycles. The van der Waals surface area contributed by atoms with Crippen molar-refractivity contribution < 1.29 is 17.6 Å². The molecule has 0 radical (unpaired) electrons. The van der Waals surface area contributed by atoms with E-state index < -0.39 is 17.4 Å². The predicted octanol–water partition coefficient (Wildman–Crippen LogP) is 6.17. The number of hydrogen-bond acceptors (Lipinski definition) is 4. The molecule has 3 aromatic heterocycles. The number of nitrogens with zero attached hydrogens (tertiary/aromatic N) is 3. The molecule has 160 valence electrons. The van der Waals surface area contributed by atoms with Gasteiger partial charge in [-0.25, -0.2) is 14.8 Å². The molecule has 0 amide bonds. The summed E-state index contributed by atoms with van der Waals surface area (Å²) in [4.78, 5) is 21.5. The minimum atomic E-state index is -4.72. The van der Waals surface area contributed by atoms with E-state index in [0.29, 0.717) is 16.3 Å². The number of aromatic nitrogens is 3. The van der Waals surface area contributed by atoms with Crippen LogP contribution in [0.3, 0.4) is 0 Å². The Bertz CT molecular complexity index is 1540. The zero-order valence-electron chi connectivity index (χ0n) is 16.4. The summed E-state index contributed by atoms with van der Waals surface area (Å²) in [5, 5.41) is 0.187. The monoisotopic (exact) mass is 455 g/mol. The van der Waals surface area contributed by atoms with Crippen molar-refractivity contribution >= 4 is 33.7 Å². The molecule has 0 spiro atoms. The minimum absolute atomic E-state index is 0.0375. The van der Waals surface area contributed by atoms with Gasteiger partial charge in [-0.1, -0.05) is 41.9 Å². The number of para-hydroxylation sites is 1. The molecule has 0 N–H and O–H groups in total. The molecular formula is C23H13ClF3N3O2. The van der Waals surface area contributed by atoms with Gasteiger partial charge in [0, 0.05) is 23.2 Å². The largest absolute Gasteiger partial charge is 0.417 e. The van der Waals surface area contributed by atoms with Crippen LogP contribution in [-0.2, 0) is 6.18 Å². The van der Waals surface area contributed by atoms with Crippen LogP contribution in [0.1, 0.15) is 11.5 Å². The van der Waals surface area contributed by atoms with E-state index in [1.165, 1.54) is 11.5 Å². The zero-order valence-corrected chi connectivity index (χ0v) is 17.2. The Hall–Kier alpha value is -3.65. The second-order valence-corrected chi connectivity index (χ2v) is 7.58. The molecular weight excluding hydrogens is 443 g/mol. The molecule has 0 atom stereocenters. The number of aryl methyl sites for hydroxylation is 1. The third-order valence-electron chi connectivity index (χ3n) is 5.06. The fourth-order valence-corrected chi connectivity index (χ4v) is 3.86. The lowest BCUT2D eigenvalue weighted by atomic mass is 10.1. The van der Waals surface area contributed by atoms with Crippen molar-refractivity contribution in [1.29, 1.82) is 0 Å². The normalized spacial score (nSPS) is 12.0. The molecule has 32 heavy (non-hydrogen) atoms. The van der Waals surface area contributed by atoms with Crippen LogP contribution in [0.2, 0.25) is 5.02 Å². The van der Waals surface area contributed by atoms with Crippen molar-refractivity contribution in [1.82, 2.24) is 14.5 Å². The van der Waals surface area contributed by atoms with Gasteiger partial charge in [-0.05, 0) is 30.3 Å². The first-order valence-electron chi connectivity index (χ1n) is 9.49. The smallest absolute Gasteiger partial charge is 0.407 e. The van der Waals surface area contributed by atoms with Gasteiger partial charge in [0.15, 0.2) is 11.4 Å². The second-order valence-electron chi connectivity index (χ2n) is 7.15. The molecule has 0 aliphatic heterocycles. The zero-order chi connectivity index (χ0) is 22.6. The quantitative estimate of drug-likeness (QED) is 0.319. The molecule has 0 fully saturated rings. The number of rotatable bonds is 2. The Morgan fingerprint density at radius 1 is 1.00 bits per heavy atom. The van der Waals surface area contributed by atoms with Crippen LogP contribution < -0.4 is 5.63 Å². The van der Waals surface area contributed by atoms with Gasteiger partial charge in [-0.3, -0.25) is 4.57 Å². The third-order valence-corrected chi connectivity index (χ3v) is 5.31. The van der Waals surface area contributed by atoms with Crippen LogP contribution in [0.5, 0.6) is 0 Å². The van der Waals surface area contributed by atoms with Gasteiger partial charge in [0.05, 0.1) is 16.6 Å². The van der Waals surface area contributed by atoms with Crippen LogP contribution in [0, 0.1) is 6.92 Å². The first-order valence-corrected chi connectivity index (χ1v) is 9.87. The first kappa shape index (κ1) is 20.3. The summed E-state index contributed by atoms with van der Waals surface area (Å²) in [5.41, 5.74) is -1.01. The highest BCUT2D eigenvalue weighted by Gasteiger charge is 2.37. The van der Waals surface area contributed by atoms with Gasteiger partial charge in [0.2, 0.25) is 0 Å². The lowest BCUT2D eigenvalue weighted by molar-refractivity contribution is -0.136. The van der Waals surface area contributed by atoms with E-state index in [9.17, 15) is 18.0 Å². The minimum Gasteiger partial charge on any atom is -0.407 e.